The van der Waals surface area contributed by atoms with Gasteiger partial charge in [0.1, 0.15) is 0 Å². The van der Waals surface area contributed by atoms with Gasteiger partial charge in [-0.3, -0.25) is 0 Å². The van der Waals surface area contributed by atoms with Gasteiger partial charge in [-0.25, -0.2) is 0 Å². The van der Waals surface area contributed by atoms with Gasteiger partial charge in [-0.15, -0.1) is 0 Å². The van der Waals surface area contributed by atoms with E-state index in [-0.39, 0.29) is 0 Å². The van der Waals surface area contributed by atoms with Crippen LogP contribution in [0.25, 0.3) is 0 Å². The molecular formula is C15H26O. The van der Waals surface area contributed by atoms with Crippen molar-refractivity contribution in [1.29, 1.82) is 0 Å². The SMILES string of the molecule is CC1C=CC(OCC2CCC(C)CC2)CC1. The van der Waals surface area contributed by atoms with Crippen molar-refractivity contribution in [3.05, 3.63) is 12.2 Å². The minimum atomic E-state index is 0.413. The second kappa shape index (κ2) is 5.86. The molecule has 0 aromatic carbocycles. The van der Waals surface area contributed by atoms with Crippen molar-refractivity contribution in [2.45, 2.75) is 58.5 Å². The van der Waals surface area contributed by atoms with Crippen LogP contribution in [0.4, 0.5) is 0 Å². The van der Waals surface area contributed by atoms with Crippen LogP contribution in [0.3, 0.4) is 0 Å². The Morgan fingerprint density at radius 1 is 0.938 bits per heavy atom. The number of ether oxygens (including phenoxy) is 1. The molecule has 92 valence electrons. The molecule has 2 rings (SSSR count). The zero-order chi connectivity index (χ0) is 11.4. The van der Waals surface area contributed by atoms with Gasteiger partial charge < -0.3 is 4.74 Å². The topological polar surface area (TPSA) is 9.23 Å². The summed E-state index contributed by atoms with van der Waals surface area (Å²) < 4.78 is 6.02. The minimum absolute atomic E-state index is 0.413. The van der Waals surface area contributed by atoms with E-state index in [4.69, 9.17) is 4.74 Å². The highest BCUT2D eigenvalue weighted by molar-refractivity contribution is 4.97. The maximum absolute atomic E-state index is 6.02. The molecule has 0 aliphatic heterocycles. The van der Waals surface area contributed by atoms with E-state index in [0.717, 1.165) is 24.4 Å². The summed E-state index contributed by atoms with van der Waals surface area (Å²) in [4.78, 5) is 0. The molecular weight excluding hydrogens is 196 g/mol. The highest BCUT2D eigenvalue weighted by Crippen LogP contribution is 2.29. The molecule has 1 nitrogen and oxygen atoms in total. The van der Waals surface area contributed by atoms with Crippen molar-refractivity contribution >= 4 is 0 Å². The first-order chi connectivity index (χ1) is 7.74. The molecule has 1 heteroatoms. The molecule has 0 aromatic rings. The normalized spacial score (nSPS) is 39.9. The molecule has 0 bridgehead atoms. The van der Waals surface area contributed by atoms with Crippen LogP contribution < -0.4 is 0 Å². The van der Waals surface area contributed by atoms with Gasteiger partial charge in [0, 0.05) is 0 Å². The Bertz CT molecular complexity index is 226. The molecule has 1 fully saturated rings. The van der Waals surface area contributed by atoms with Gasteiger partial charge in [0.15, 0.2) is 0 Å². The highest BCUT2D eigenvalue weighted by Gasteiger charge is 2.20. The number of hydrogen-bond donors (Lipinski definition) is 0. The van der Waals surface area contributed by atoms with E-state index in [0.29, 0.717) is 6.10 Å². The largest absolute Gasteiger partial charge is 0.374 e. The maximum Gasteiger partial charge on any atom is 0.0756 e. The number of allylic oxidation sites excluding steroid dienone is 1. The molecule has 0 radical (unpaired) electrons. The molecule has 0 saturated heterocycles. The van der Waals surface area contributed by atoms with Crippen LogP contribution >= 0.6 is 0 Å². The summed E-state index contributed by atoms with van der Waals surface area (Å²) in [6.45, 7) is 5.66. The monoisotopic (exact) mass is 222 g/mol. The minimum Gasteiger partial charge on any atom is -0.374 e. The van der Waals surface area contributed by atoms with E-state index in [9.17, 15) is 0 Å². The number of hydrogen-bond acceptors (Lipinski definition) is 1. The fourth-order valence-electron chi connectivity index (χ4n) is 2.83. The van der Waals surface area contributed by atoms with E-state index in [1.165, 1.54) is 38.5 Å². The Balaban J connectivity index is 1.66. The third-order valence-electron chi connectivity index (χ3n) is 4.24. The Hall–Kier alpha value is -0.300. The molecule has 1 saturated carbocycles. The summed E-state index contributed by atoms with van der Waals surface area (Å²) in [6.07, 6.45) is 13.1. The van der Waals surface area contributed by atoms with Gasteiger partial charge in [0.2, 0.25) is 0 Å². The molecule has 0 N–H and O–H groups in total. The van der Waals surface area contributed by atoms with Crippen molar-refractivity contribution in [1.82, 2.24) is 0 Å². The zero-order valence-electron chi connectivity index (χ0n) is 10.8. The summed E-state index contributed by atoms with van der Waals surface area (Å²) in [5.74, 6) is 2.55. The summed E-state index contributed by atoms with van der Waals surface area (Å²) in [6, 6.07) is 0. The van der Waals surface area contributed by atoms with Crippen LogP contribution in [0, 0.1) is 17.8 Å². The molecule has 2 aliphatic carbocycles. The lowest BCUT2D eigenvalue weighted by molar-refractivity contribution is 0.0333. The van der Waals surface area contributed by atoms with Gasteiger partial charge >= 0.3 is 0 Å². The van der Waals surface area contributed by atoms with Crippen LogP contribution in [0.5, 0.6) is 0 Å². The van der Waals surface area contributed by atoms with E-state index >= 15 is 0 Å². The molecule has 16 heavy (non-hydrogen) atoms. The van der Waals surface area contributed by atoms with Gasteiger partial charge in [-0.2, -0.15) is 0 Å². The molecule has 0 spiro atoms. The lowest BCUT2D eigenvalue weighted by Gasteiger charge is -2.28. The quantitative estimate of drug-likeness (QED) is 0.651. The zero-order valence-corrected chi connectivity index (χ0v) is 10.8. The summed E-state index contributed by atoms with van der Waals surface area (Å²) in [5.41, 5.74) is 0. The third kappa shape index (κ3) is 3.62. The fourth-order valence-corrected chi connectivity index (χ4v) is 2.83. The Labute approximate surface area is 100 Å². The van der Waals surface area contributed by atoms with Crippen LogP contribution in [-0.2, 0) is 4.74 Å². The Morgan fingerprint density at radius 2 is 1.69 bits per heavy atom. The van der Waals surface area contributed by atoms with Crippen molar-refractivity contribution in [2.24, 2.45) is 17.8 Å². The average Bonchev–Trinajstić information content (AvgIpc) is 2.30. The van der Waals surface area contributed by atoms with E-state index in [1.54, 1.807) is 0 Å². The van der Waals surface area contributed by atoms with Crippen LogP contribution in [0.2, 0.25) is 0 Å². The maximum atomic E-state index is 6.02. The van der Waals surface area contributed by atoms with Crippen molar-refractivity contribution in [3.63, 3.8) is 0 Å². The van der Waals surface area contributed by atoms with E-state index in [1.807, 2.05) is 0 Å². The molecule has 2 aliphatic rings. The fraction of sp³-hybridized carbons (Fsp3) is 0.867. The van der Waals surface area contributed by atoms with E-state index in [2.05, 4.69) is 26.0 Å². The van der Waals surface area contributed by atoms with Gasteiger partial charge in [0.05, 0.1) is 12.7 Å². The smallest absolute Gasteiger partial charge is 0.0756 e. The molecule has 0 aromatic heterocycles. The van der Waals surface area contributed by atoms with Crippen LogP contribution in [-0.4, -0.2) is 12.7 Å². The summed E-state index contributed by atoms with van der Waals surface area (Å²) >= 11 is 0. The predicted molar refractivity (Wildman–Crippen MR) is 68.4 cm³/mol. The summed E-state index contributed by atoms with van der Waals surface area (Å²) in [5, 5.41) is 0. The Morgan fingerprint density at radius 3 is 2.31 bits per heavy atom. The highest BCUT2D eigenvalue weighted by atomic mass is 16.5. The molecule has 2 unspecified atom stereocenters. The second-order valence-corrected chi connectivity index (χ2v) is 5.94. The van der Waals surface area contributed by atoms with Crippen molar-refractivity contribution in [2.75, 3.05) is 6.61 Å². The first-order valence-electron chi connectivity index (χ1n) is 7.04. The first-order valence-corrected chi connectivity index (χ1v) is 7.04. The van der Waals surface area contributed by atoms with Crippen molar-refractivity contribution < 1.29 is 4.74 Å². The van der Waals surface area contributed by atoms with E-state index < -0.39 is 0 Å². The van der Waals surface area contributed by atoms with Crippen molar-refractivity contribution in [3.8, 4) is 0 Å². The predicted octanol–water partition coefficient (Wildman–Crippen LogP) is 4.18. The lowest BCUT2D eigenvalue weighted by atomic mass is 9.83. The third-order valence-corrected chi connectivity index (χ3v) is 4.24. The molecule has 2 atom stereocenters. The van der Waals surface area contributed by atoms with Crippen LogP contribution in [0.1, 0.15) is 52.4 Å². The first kappa shape index (κ1) is 12.2. The van der Waals surface area contributed by atoms with Gasteiger partial charge in [0.25, 0.3) is 0 Å². The molecule has 0 heterocycles. The Kier molecular flexibility index (Phi) is 4.45. The number of rotatable bonds is 3. The lowest BCUT2D eigenvalue weighted by Crippen LogP contribution is -2.22. The second-order valence-electron chi connectivity index (χ2n) is 5.94. The van der Waals surface area contributed by atoms with Crippen LogP contribution in [0.15, 0.2) is 12.2 Å². The standard InChI is InChI=1S/C15H26O/c1-12-3-7-14(8-4-12)11-16-15-9-5-13(2)6-10-15/h5,9,12-15H,3-4,6-8,10-11H2,1-2H3. The molecule has 0 amide bonds. The van der Waals surface area contributed by atoms with Gasteiger partial charge in [-0.1, -0.05) is 38.8 Å². The summed E-state index contributed by atoms with van der Waals surface area (Å²) in [7, 11) is 0. The average molecular weight is 222 g/mol. The van der Waals surface area contributed by atoms with Gasteiger partial charge in [-0.05, 0) is 43.4 Å².